The topological polar surface area (TPSA) is 49.4 Å². The molecule has 5 rings (SSSR count). The summed E-state index contributed by atoms with van der Waals surface area (Å²) in [5.41, 5.74) is 2.76. The third kappa shape index (κ3) is 3.77. The molecule has 0 aromatic heterocycles. The van der Waals surface area contributed by atoms with Gasteiger partial charge in [-0.05, 0) is 72.8 Å². The normalized spacial score (nSPS) is 27.6. The number of nitrogens with zero attached hydrogens (tertiary/aromatic N) is 1. The SMILES string of the molecule is CC1(C)CC2CC(C)(CN2C(=O)c2ccc(C3(NC(=O)c4ccccc4)CC3)cc2)C1. The van der Waals surface area contributed by atoms with Crippen LogP contribution in [-0.4, -0.2) is 29.3 Å². The minimum atomic E-state index is -0.295. The van der Waals surface area contributed by atoms with Gasteiger partial charge in [-0.3, -0.25) is 9.59 Å². The molecular weight excluding hydrogens is 384 g/mol. The summed E-state index contributed by atoms with van der Waals surface area (Å²) in [6.07, 6.45) is 5.25. The third-order valence-corrected chi connectivity index (χ3v) is 7.50. The zero-order valence-corrected chi connectivity index (χ0v) is 18.8. The molecule has 4 heteroatoms. The Labute approximate surface area is 185 Å². The number of rotatable bonds is 4. The Morgan fingerprint density at radius 1 is 0.903 bits per heavy atom. The van der Waals surface area contributed by atoms with E-state index in [0.29, 0.717) is 17.0 Å². The van der Waals surface area contributed by atoms with Gasteiger partial charge in [0.05, 0.1) is 5.54 Å². The van der Waals surface area contributed by atoms with Gasteiger partial charge in [0, 0.05) is 23.7 Å². The predicted molar refractivity (Wildman–Crippen MR) is 122 cm³/mol. The molecule has 0 spiro atoms. The van der Waals surface area contributed by atoms with Gasteiger partial charge in [0.1, 0.15) is 0 Å². The fraction of sp³-hybridized carbons (Fsp3) is 0.481. The number of fused-ring (bicyclic) bond motifs is 2. The standard InChI is InChI=1S/C27H32N2O2/c1-25(2)15-22-16-26(3,17-25)18-29(22)24(31)20-9-11-21(12-10-20)27(13-14-27)28-23(30)19-7-5-4-6-8-19/h4-12,22H,13-18H2,1-3H3,(H,28,30). The lowest BCUT2D eigenvalue weighted by molar-refractivity contribution is 0.0707. The monoisotopic (exact) mass is 416 g/mol. The molecule has 2 amide bonds. The predicted octanol–water partition coefficient (Wildman–Crippen LogP) is 5.15. The van der Waals surface area contributed by atoms with Crippen molar-refractivity contribution in [1.82, 2.24) is 10.2 Å². The van der Waals surface area contributed by atoms with Crippen LogP contribution in [0.3, 0.4) is 0 Å². The van der Waals surface area contributed by atoms with Crippen molar-refractivity contribution in [3.63, 3.8) is 0 Å². The summed E-state index contributed by atoms with van der Waals surface area (Å²) in [7, 11) is 0. The van der Waals surface area contributed by atoms with Gasteiger partial charge in [-0.25, -0.2) is 0 Å². The third-order valence-electron chi connectivity index (χ3n) is 7.50. The minimum Gasteiger partial charge on any atom is -0.343 e. The fourth-order valence-corrected chi connectivity index (χ4v) is 6.28. The number of benzene rings is 2. The summed E-state index contributed by atoms with van der Waals surface area (Å²) in [5.74, 6) is 0.106. The van der Waals surface area contributed by atoms with Crippen LogP contribution in [-0.2, 0) is 5.54 Å². The highest BCUT2D eigenvalue weighted by molar-refractivity contribution is 5.96. The summed E-state index contributed by atoms with van der Waals surface area (Å²) in [4.78, 5) is 28.1. The minimum absolute atomic E-state index is 0.0431. The van der Waals surface area contributed by atoms with E-state index >= 15 is 0 Å². The van der Waals surface area contributed by atoms with Gasteiger partial charge >= 0.3 is 0 Å². The van der Waals surface area contributed by atoms with E-state index in [2.05, 4.69) is 31.0 Å². The number of hydrogen-bond donors (Lipinski definition) is 1. The molecule has 2 aromatic carbocycles. The van der Waals surface area contributed by atoms with Crippen LogP contribution in [0.25, 0.3) is 0 Å². The summed E-state index contributed by atoms with van der Waals surface area (Å²) in [5, 5.41) is 3.21. The summed E-state index contributed by atoms with van der Waals surface area (Å²) in [6, 6.07) is 17.6. The molecule has 1 heterocycles. The molecule has 1 N–H and O–H groups in total. The first-order chi connectivity index (χ1) is 14.7. The quantitative estimate of drug-likeness (QED) is 0.750. The van der Waals surface area contributed by atoms with E-state index in [0.717, 1.165) is 43.4 Å². The molecule has 2 bridgehead atoms. The maximum Gasteiger partial charge on any atom is 0.254 e. The Bertz CT molecular complexity index is 1010. The van der Waals surface area contributed by atoms with Crippen LogP contribution < -0.4 is 5.32 Å². The van der Waals surface area contributed by atoms with E-state index in [1.165, 1.54) is 6.42 Å². The number of carbonyl (C=O) groups is 2. The lowest BCUT2D eigenvalue weighted by Gasteiger charge is -2.39. The van der Waals surface area contributed by atoms with Gasteiger partial charge in [0.15, 0.2) is 0 Å². The molecule has 2 aromatic rings. The maximum absolute atomic E-state index is 13.3. The van der Waals surface area contributed by atoms with Crippen molar-refractivity contribution in [2.45, 2.75) is 64.5 Å². The van der Waals surface area contributed by atoms with Crippen molar-refractivity contribution < 1.29 is 9.59 Å². The van der Waals surface area contributed by atoms with Crippen molar-refractivity contribution in [3.8, 4) is 0 Å². The number of amides is 2. The summed E-state index contributed by atoms with van der Waals surface area (Å²) >= 11 is 0. The van der Waals surface area contributed by atoms with Crippen LogP contribution in [0.4, 0.5) is 0 Å². The highest BCUT2D eigenvalue weighted by Crippen LogP contribution is 2.53. The first-order valence-corrected chi connectivity index (χ1v) is 11.5. The van der Waals surface area contributed by atoms with E-state index in [9.17, 15) is 9.59 Å². The lowest BCUT2D eigenvalue weighted by Crippen LogP contribution is -2.38. The molecule has 1 aliphatic heterocycles. The molecule has 1 saturated heterocycles. The zero-order chi connectivity index (χ0) is 21.9. The van der Waals surface area contributed by atoms with Crippen LogP contribution in [0.1, 0.15) is 79.2 Å². The number of nitrogens with one attached hydrogen (secondary N) is 1. The van der Waals surface area contributed by atoms with Crippen LogP contribution >= 0.6 is 0 Å². The number of hydrogen-bond acceptors (Lipinski definition) is 2. The second kappa shape index (κ2) is 6.94. The molecular formula is C27H32N2O2. The average molecular weight is 417 g/mol. The second-order valence-corrected chi connectivity index (χ2v) is 11.1. The lowest BCUT2D eigenvalue weighted by atomic mass is 9.65. The van der Waals surface area contributed by atoms with Gasteiger partial charge in [0.25, 0.3) is 11.8 Å². The smallest absolute Gasteiger partial charge is 0.254 e. The van der Waals surface area contributed by atoms with E-state index in [-0.39, 0.29) is 22.8 Å². The van der Waals surface area contributed by atoms with Crippen molar-refractivity contribution in [1.29, 1.82) is 0 Å². The Morgan fingerprint density at radius 3 is 2.23 bits per heavy atom. The first-order valence-electron chi connectivity index (χ1n) is 11.5. The average Bonchev–Trinajstić information content (AvgIpc) is 3.46. The Kier molecular flexibility index (Phi) is 4.55. The van der Waals surface area contributed by atoms with Crippen molar-refractivity contribution in [3.05, 3.63) is 71.3 Å². The number of carbonyl (C=O) groups excluding carboxylic acids is 2. The van der Waals surface area contributed by atoms with E-state index < -0.39 is 0 Å². The molecule has 3 fully saturated rings. The van der Waals surface area contributed by atoms with Crippen LogP contribution in [0.15, 0.2) is 54.6 Å². The Balaban J connectivity index is 1.30. The van der Waals surface area contributed by atoms with Crippen LogP contribution in [0.5, 0.6) is 0 Å². The highest BCUT2D eigenvalue weighted by atomic mass is 16.2. The van der Waals surface area contributed by atoms with Gasteiger partial charge in [0.2, 0.25) is 0 Å². The largest absolute Gasteiger partial charge is 0.343 e. The van der Waals surface area contributed by atoms with Gasteiger partial charge in [-0.2, -0.15) is 0 Å². The summed E-state index contributed by atoms with van der Waals surface area (Å²) < 4.78 is 0. The van der Waals surface area contributed by atoms with Gasteiger partial charge < -0.3 is 10.2 Å². The number of likely N-dealkylation sites (tertiary alicyclic amines) is 1. The van der Waals surface area contributed by atoms with Crippen LogP contribution in [0.2, 0.25) is 0 Å². The zero-order valence-electron chi connectivity index (χ0n) is 18.8. The molecule has 2 atom stereocenters. The highest BCUT2D eigenvalue weighted by Gasteiger charge is 2.51. The first kappa shape index (κ1) is 20.3. The molecule has 31 heavy (non-hydrogen) atoms. The van der Waals surface area contributed by atoms with E-state index in [4.69, 9.17) is 0 Å². The molecule has 2 unspecified atom stereocenters. The molecule has 2 aliphatic carbocycles. The van der Waals surface area contributed by atoms with Crippen LogP contribution in [0, 0.1) is 10.8 Å². The second-order valence-electron chi connectivity index (χ2n) is 11.1. The van der Waals surface area contributed by atoms with E-state index in [1.54, 1.807) is 0 Å². The Morgan fingerprint density at radius 2 is 1.58 bits per heavy atom. The molecule has 4 nitrogen and oxygen atoms in total. The maximum atomic E-state index is 13.3. The molecule has 162 valence electrons. The van der Waals surface area contributed by atoms with Crippen molar-refractivity contribution >= 4 is 11.8 Å². The van der Waals surface area contributed by atoms with E-state index in [1.807, 2.05) is 54.6 Å². The van der Waals surface area contributed by atoms with Gasteiger partial charge in [-0.1, -0.05) is 51.1 Å². The Hall–Kier alpha value is -2.62. The molecule has 3 aliphatic rings. The fourth-order valence-electron chi connectivity index (χ4n) is 6.28. The van der Waals surface area contributed by atoms with Gasteiger partial charge in [-0.15, -0.1) is 0 Å². The summed E-state index contributed by atoms with van der Waals surface area (Å²) in [6.45, 7) is 7.86. The van der Waals surface area contributed by atoms with Crippen molar-refractivity contribution in [2.75, 3.05) is 6.54 Å². The molecule has 0 radical (unpaired) electrons. The van der Waals surface area contributed by atoms with Crippen molar-refractivity contribution in [2.24, 2.45) is 10.8 Å². The molecule has 2 saturated carbocycles.